The first-order valence-electron chi connectivity index (χ1n) is 10.1. The largest absolute Gasteiger partial charge is 0.497 e. The van der Waals surface area contributed by atoms with E-state index in [2.05, 4.69) is 28.5 Å². The maximum atomic E-state index is 13.3. The van der Waals surface area contributed by atoms with Crippen molar-refractivity contribution in [2.24, 2.45) is 0 Å². The minimum Gasteiger partial charge on any atom is -0.497 e. The van der Waals surface area contributed by atoms with Crippen LogP contribution in [0.5, 0.6) is 5.75 Å². The van der Waals surface area contributed by atoms with Crippen molar-refractivity contribution in [3.8, 4) is 5.75 Å². The Labute approximate surface area is 175 Å². The molecule has 4 aromatic rings. The van der Waals surface area contributed by atoms with Gasteiger partial charge in [-0.2, -0.15) is 0 Å². The normalized spacial score (nSPS) is 15.6. The van der Waals surface area contributed by atoms with Gasteiger partial charge in [0.05, 0.1) is 13.2 Å². The molecule has 30 heavy (non-hydrogen) atoms. The van der Waals surface area contributed by atoms with Crippen LogP contribution >= 0.6 is 0 Å². The number of benzene rings is 3. The predicted octanol–water partition coefficient (Wildman–Crippen LogP) is 5.36. The third-order valence-electron chi connectivity index (χ3n) is 5.75. The summed E-state index contributed by atoms with van der Waals surface area (Å²) in [5.74, 6) is 0.798. The summed E-state index contributed by atoms with van der Waals surface area (Å²) in [4.78, 5) is 18.8. The maximum Gasteiger partial charge on any atom is 0.322 e. The van der Waals surface area contributed by atoms with Crippen LogP contribution in [0.2, 0.25) is 0 Å². The van der Waals surface area contributed by atoms with Gasteiger partial charge in [-0.15, -0.1) is 0 Å². The topological polar surface area (TPSA) is 57.4 Å². The molecular weight excluding hydrogens is 374 g/mol. The Morgan fingerprint density at radius 1 is 1.00 bits per heavy atom. The number of aromatic nitrogens is 1. The zero-order valence-corrected chi connectivity index (χ0v) is 16.8. The number of amides is 2. The lowest BCUT2D eigenvalue weighted by Gasteiger charge is -2.36. The van der Waals surface area contributed by atoms with Gasteiger partial charge in [-0.05, 0) is 47.9 Å². The number of fused-ring (bicyclic) bond motifs is 3. The lowest BCUT2D eigenvalue weighted by atomic mass is 9.92. The third kappa shape index (κ3) is 3.18. The maximum absolute atomic E-state index is 13.3. The van der Waals surface area contributed by atoms with E-state index >= 15 is 0 Å². The van der Waals surface area contributed by atoms with E-state index < -0.39 is 0 Å². The van der Waals surface area contributed by atoms with Gasteiger partial charge in [0.2, 0.25) is 0 Å². The minimum absolute atomic E-state index is 0.105. The van der Waals surface area contributed by atoms with Crippen LogP contribution in [0, 0.1) is 0 Å². The number of nitrogens with zero attached hydrogens (tertiary/aromatic N) is 1. The summed E-state index contributed by atoms with van der Waals surface area (Å²) in [6.45, 7) is 0.643. The first-order valence-corrected chi connectivity index (χ1v) is 10.1. The van der Waals surface area contributed by atoms with Crippen LogP contribution in [0.25, 0.3) is 10.9 Å². The Morgan fingerprint density at radius 3 is 2.50 bits per heavy atom. The van der Waals surface area contributed by atoms with Crippen LogP contribution in [0.3, 0.4) is 0 Å². The molecular formula is C25H23N3O2. The lowest BCUT2D eigenvalue weighted by molar-refractivity contribution is 0.193. The summed E-state index contributed by atoms with van der Waals surface area (Å²) in [6, 6.07) is 25.6. The van der Waals surface area contributed by atoms with Gasteiger partial charge in [-0.1, -0.05) is 48.5 Å². The summed E-state index contributed by atoms with van der Waals surface area (Å²) in [5.41, 5.74) is 5.31. The van der Waals surface area contributed by atoms with E-state index in [1.807, 2.05) is 65.6 Å². The number of methoxy groups -OCH3 is 1. The standard InChI is InChI=1S/C25H23N3O2/c1-30-19-13-11-17(12-14-19)24-23-21(20-9-5-6-10-22(20)27-23)15-16-28(24)25(29)26-18-7-3-2-4-8-18/h2-14,24,27H,15-16H2,1H3,(H,26,29). The SMILES string of the molecule is COc1ccc(C2c3[nH]c4ccccc4c3CCN2C(=O)Nc2ccccc2)cc1. The van der Waals surface area contributed by atoms with Crippen molar-refractivity contribution in [2.45, 2.75) is 12.5 Å². The number of anilines is 1. The quantitative estimate of drug-likeness (QED) is 0.489. The fourth-order valence-corrected chi connectivity index (χ4v) is 4.31. The molecule has 3 aromatic carbocycles. The molecule has 2 amide bonds. The van der Waals surface area contributed by atoms with Gasteiger partial charge in [0.25, 0.3) is 0 Å². The molecule has 2 heterocycles. The van der Waals surface area contributed by atoms with Crippen molar-refractivity contribution in [2.75, 3.05) is 19.0 Å². The molecule has 0 saturated carbocycles. The summed E-state index contributed by atoms with van der Waals surface area (Å²) in [6.07, 6.45) is 0.814. The van der Waals surface area contributed by atoms with Crippen molar-refractivity contribution in [3.05, 3.63) is 95.7 Å². The van der Waals surface area contributed by atoms with Crippen molar-refractivity contribution in [3.63, 3.8) is 0 Å². The number of hydrogen-bond acceptors (Lipinski definition) is 2. The molecule has 2 N–H and O–H groups in total. The average Bonchev–Trinajstić information content (AvgIpc) is 3.18. The molecule has 1 aliphatic heterocycles. The van der Waals surface area contributed by atoms with Crippen LogP contribution < -0.4 is 10.1 Å². The van der Waals surface area contributed by atoms with E-state index in [1.54, 1.807) is 7.11 Å². The second-order valence-corrected chi connectivity index (χ2v) is 7.48. The first-order chi connectivity index (χ1) is 14.7. The number of ether oxygens (including phenoxy) is 1. The summed E-state index contributed by atoms with van der Waals surface area (Å²) in [5, 5.41) is 4.28. The van der Waals surface area contributed by atoms with Crippen LogP contribution in [0.15, 0.2) is 78.9 Å². The second kappa shape index (κ2) is 7.59. The highest BCUT2D eigenvalue weighted by Gasteiger charge is 2.34. The molecule has 5 rings (SSSR count). The smallest absolute Gasteiger partial charge is 0.322 e. The van der Waals surface area contributed by atoms with E-state index in [0.717, 1.165) is 34.6 Å². The Morgan fingerprint density at radius 2 is 1.73 bits per heavy atom. The summed E-state index contributed by atoms with van der Waals surface area (Å²) in [7, 11) is 1.66. The fraction of sp³-hybridized carbons (Fsp3) is 0.160. The monoisotopic (exact) mass is 397 g/mol. The molecule has 5 heteroatoms. The average molecular weight is 397 g/mol. The Kier molecular flexibility index (Phi) is 4.64. The Hall–Kier alpha value is -3.73. The molecule has 0 spiro atoms. The number of rotatable bonds is 3. The summed E-state index contributed by atoms with van der Waals surface area (Å²) < 4.78 is 5.33. The number of carbonyl (C=O) groups is 1. The number of hydrogen-bond donors (Lipinski definition) is 2. The van der Waals surface area contributed by atoms with E-state index in [-0.39, 0.29) is 12.1 Å². The number of aromatic amines is 1. The van der Waals surface area contributed by atoms with Gasteiger partial charge in [-0.25, -0.2) is 4.79 Å². The molecule has 5 nitrogen and oxygen atoms in total. The molecule has 0 saturated heterocycles. The van der Waals surface area contributed by atoms with Gasteiger partial charge in [0, 0.05) is 28.8 Å². The van der Waals surface area contributed by atoms with Crippen molar-refractivity contribution < 1.29 is 9.53 Å². The Bertz CT molecular complexity index is 1180. The first kappa shape index (κ1) is 18.3. The minimum atomic E-state index is -0.198. The van der Waals surface area contributed by atoms with E-state index in [1.165, 1.54) is 10.9 Å². The molecule has 1 unspecified atom stereocenters. The molecule has 0 fully saturated rings. The van der Waals surface area contributed by atoms with Gasteiger partial charge < -0.3 is 19.9 Å². The highest BCUT2D eigenvalue weighted by Crippen LogP contribution is 2.39. The molecule has 1 aliphatic rings. The predicted molar refractivity (Wildman–Crippen MR) is 119 cm³/mol. The lowest BCUT2D eigenvalue weighted by Crippen LogP contribution is -2.43. The molecule has 1 aromatic heterocycles. The number of H-pyrrole nitrogens is 1. The number of para-hydroxylation sites is 2. The van der Waals surface area contributed by atoms with Crippen LogP contribution in [-0.2, 0) is 6.42 Å². The second-order valence-electron chi connectivity index (χ2n) is 7.48. The zero-order valence-electron chi connectivity index (χ0n) is 16.8. The molecule has 0 radical (unpaired) electrons. The highest BCUT2D eigenvalue weighted by atomic mass is 16.5. The molecule has 150 valence electrons. The van der Waals surface area contributed by atoms with Gasteiger partial charge in [0.15, 0.2) is 0 Å². The molecule has 1 atom stereocenters. The number of urea groups is 1. The van der Waals surface area contributed by atoms with E-state index in [0.29, 0.717) is 6.54 Å². The highest BCUT2D eigenvalue weighted by molar-refractivity contribution is 5.91. The number of nitrogens with one attached hydrogen (secondary N) is 2. The number of carbonyl (C=O) groups excluding carboxylic acids is 1. The van der Waals surface area contributed by atoms with Crippen LogP contribution in [0.1, 0.15) is 22.9 Å². The van der Waals surface area contributed by atoms with Gasteiger partial charge in [0.1, 0.15) is 5.75 Å². The Balaban J connectivity index is 1.58. The van der Waals surface area contributed by atoms with Crippen molar-refractivity contribution in [1.29, 1.82) is 0 Å². The molecule has 0 aliphatic carbocycles. The van der Waals surface area contributed by atoms with Crippen LogP contribution in [-0.4, -0.2) is 29.6 Å². The van der Waals surface area contributed by atoms with Crippen molar-refractivity contribution in [1.82, 2.24) is 9.88 Å². The fourth-order valence-electron chi connectivity index (χ4n) is 4.31. The third-order valence-corrected chi connectivity index (χ3v) is 5.75. The van der Waals surface area contributed by atoms with Crippen molar-refractivity contribution >= 4 is 22.6 Å². The zero-order chi connectivity index (χ0) is 20.5. The van der Waals surface area contributed by atoms with E-state index in [4.69, 9.17) is 4.74 Å². The molecule has 0 bridgehead atoms. The van der Waals surface area contributed by atoms with Crippen LogP contribution in [0.4, 0.5) is 10.5 Å². The van der Waals surface area contributed by atoms with Gasteiger partial charge in [-0.3, -0.25) is 0 Å². The van der Waals surface area contributed by atoms with E-state index in [9.17, 15) is 4.79 Å². The van der Waals surface area contributed by atoms with Gasteiger partial charge >= 0.3 is 6.03 Å². The summed E-state index contributed by atoms with van der Waals surface area (Å²) >= 11 is 0.